The van der Waals surface area contributed by atoms with E-state index < -0.39 is 47.7 Å². The summed E-state index contributed by atoms with van der Waals surface area (Å²) < 4.78 is 77.4. The van der Waals surface area contributed by atoms with Gasteiger partial charge < -0.3 is 15.2 Å². The normalized spacial score (nSPS) is 14.7. The zero-order chi connectivity index (χ0) is 32.8. The van der Waals surface area contributed by atoms with Crippen molar-refractivity contribution in [3.05, 3.63) is 114 Å². The molecule has 0 unspecified atom stereocenters. The van der Waals surface area contributed by atoms with Crippen LogP contribution >= 0.6 is 0 Å². The summed E-state index contributed by atoms with van der Waals surface area (Å²) in [6, 6.07) is 3.71. The quantitative estimate of drug-likeness (QED) is 0.298. The van der Waals surface area contributed by atoms with Gasteiger partial charge in [0.25, 0.3) is 5.91 Å². The Balaban J connectivity index is 1.63. The third kappa shape index (κ3) is 5.15. The molecular weight excluding hydrogens is 448 g/mol. The number of carbonyl (C=O) groups is 1. The van der Waals surface area contributed by atoms with Crippen molar-refractivity contribution >= 4 is 23.2 Å². The minimum absolute atomic E-state index is 0.0866. The molecule has 0 aliphatic rings. The molecule has 7 heteroatoms. The lowest BCUT2D eigenvalue weighted by molar-refractivity contribution is 0.102. The minimum atomic E-state index is -2.96. The van der Waals surface area contributed by atoms with Crippen LogP contribution in [0.4, 0.5) is 17.3 Å². The van der Waals surface area contributed by atoms with Gasteiger partial charge in [0.1, 0.15) is 0 Å². The Bertz CT molecular complexity index is 1960. The highest BCUT2D eigenvalue weighted by Gasteiger charge is 2.12. The molecule has 0 radical (unpaired) electrons. The van der Waals surface area contributed by atoms with Gasteiger partial charge in [0, 0.05) is 63.3 Å². The molecule has 0 atom stereocenters. The number of aryl methyl sites for hydroxylation is 1. The Kier molecular flexibility index (Phi) is 3.98. The van der Waals surface area contributed by atoms with E-state index in [0.29, 0.717) is 11.3 Å². The molecule has 0 saturated heterocycles. The molecule has 1 amide bonds. The molecule has 0 spiro atoms. The van der Waals surface area contributed by atoms with Gasteiger partial charge in [-0.1, -0.05) is 6.04 Å². The number of carbonyl (C=O) groups excluding carboxylic acids is 1. The SMILES string of the molecule is [2H]c1c(C)c([2H])c(-n2ccc(C)c2)c([2H])c1NC(=O)c1c([2H])c([2H])c(C([2H])([2H])[2H])c(Nc2nccc(-c3cccnc3)n2)c1[2H]. The fourth-order valence-electron chi connectivity index (χ4n) is 3.41. The van der Waals surface area contributed by atoms with Crippen molar-refractivity contribution in [1.29, 1.82) is 0 Å². The second-order valence-corrected chi connectivity index (χ2v) is 7.91. The van der Waals surface area contributed by atoms with Crippen LogP contribution in [0.3, 0.4) is 0 Å². The Morgan fingerprint density at radius 3 is 2.75 bits per heavy atom. The van der Waals surface area contributed by atoms with Gasteiger partial charge in [0.05, 0.1) is 13.9 Å². The highest BCUT2D eigenvalue weighted by molar-refractivity contribution is 6.05. The van der Waals surface area contributed by atoms with Gasteiger partial charge in [-0.2, -0.15) is 0 Å². The highest BCUT2D eigenvalue weighted by Crippen LogP contribution is 2.24. The summed E-state index contributed by atoms with van der Waals surface area (Å²) in [7, 11) is 0. The van der Waals surface area contributed by atoms with Crippen LogP contribution in [0.1, 0.15) is 39.4 Å². The number of hydrogen-bond acceptors (Lipinski definition) is 5. The fraction of sp³-hybridized carbons (Fsp3) is 0.103. The predicted octanol–water partition coefficient (Wildman–Crippen LogP) is 6.25. The van der Waals surface area contributed by atoms with Gasteiger partial charge in [-0.3, -0.25) is 9.78 Å². The van der Waals surface area contributed by atoms with Crippen molar-refractivity contribution in [2.75, 3.05) is 10.6 Å². The lowest BCUT2D eigenvalue weighted by atomic mass is 10.1. The number of aromatic nitrogens is 4. The molecule has 0 aliphatic carbocycles. The number of nitrogens with one attached hydrogen (secondary N) is 2. The number of benzene rings is 2. The minimum Gasteiger partial charge on any atom is -0.324 e. The standard InChI is InChI=1S/C29H26N6O/c1-19-9-12-35(18-19)25-14-20(2)13-24(16-25)32-28(36)22-7-6-21(3)27(15-22)34-29-31-11-8-26(33-29)23-5-4-10-30-17-23/h4-18H,1-3H3,(H,32,36)(H,31,33,34)/i3D3,6D,7D,13D,14D,15D,16D. The summed E-state index contributed by atoms with van der Waals surface area (Å²) in [4.78, 5) is 26.2. The molecule has 3 aromatic heterocycles. The van der Waals surface area contributed by atoms with Crippen LogP contribution in [-0.4, -0.2) is 25.4 Å². The zero-order valence-electron chi connectivity index (χ0n) is 28.4. The van der Waals surface area contributed by atoms with Gasteiger partial charge in [0.15, 0.2) is 0 Å². The third-order valence-corrected chi connectivity index (χ3v) is 5.09. The Labute approximate surface area is 222 Å². The Morgan fingerprint density at radius 1 is 1.06 bits per heavy atom. The zero-order valence-corrected chi connectivity index (χ0v) is 19.4. The summed E-state index contributed by atoms with van der Waals surface area (Å²) in [5, 5.41) is 5.11. The first-order chi connectivity index (χ1) is 21.2. The first-order valence-electron chi connectivity index (χ1n) is 15.4. The first kappa shape index (κ1) is 14.6. The van der Waals surface area contributed by atoms with Crippen LogP contribution in [0.25, 0.3) is 16.9 Å². The maximum Gasteiger partial charge on any atom is 0.255 e. The van der Waals surface area contributed by atoms with Gasteiger partial charge >= 0.3 is 0 Å². The number of nitrogens with zero attached hydrogens (tertiary/aromatic N) is 4. The molecule has 0 saturated carbocycles. The van der Waals surface area contributed by atoms with E-state index in [9.17, 15) is 4.79 Å². The van der Waals surface area contributed by atoms with Gasteiger partial charge in [-0.15, -0.1) is 0 Å². The van der Waals surface area contributed by atoms with Crippen LogP contribution in [0.15, 0.2) is 91.5 Å². The maximum absolute atomic E-state index is 13.7. The van der Waals surface area contributed by atoms with E-state index >= 15 is 0 Å². The van der Waals surface area contributed by atoms with E-state index in [1.165, 1.54) is 17.7 Å². The molecule has 2 aromatic carbocycles. The molecule has 178 valence electrons. The van der Waals surface area contributed by atoms with E-state index in [2.05, 4.69) is 25.6 Å². The highest BCUT2D eigenvalue weighted by atomic mass is 16.1. The molecule has 2 N–H and O–H groups in total. The average Bonchev–Trinajstić information content (AvgIpc) is 3.42. The second kappa shape index (κ2) is 9.84. The van der Waals surface area contributed by atoms with Crippen LogP contribution in [0.2, 0.25) is 0 Å². The fourth-order valence-corrected chi connectivity index (χ4v) is 3.41. The summed E-state index contributed by atoms with van der Waals surface area (Å²) in [6.45, 7) is 0.367. The number of amides is 1. The molecule has 7 nitrogen and oxygen atoms in total. The monoisotopic (exact) mass is 483 g/mol. The molecule has 5 aromatic rings. The van der Waals surface area contributed by atoms with Crippen LogP contribution < -0.4 is 10.6 Å². The predicted molar refractivity (Wildman–Crippen MR) is 143 cm³/mol. The summed E-state index contributed by atoms with van der Waals surface area (Å²) >= 11 is 0. The summed E-state index contributed by atoms with van der Waals surface area (Å²) in [5.41, 5.74) is 0.116. The second-order valence-electron chi connectivity index (χ2n) is 7.91. The number of rotatable bonds is 6. The topological polar surface area (TPSA) is 84.7 Å². The van der Waals surface area contributed by atoms with Crippen LogP contribution in [0, 0.1) is 20.7 Å². The van der Waals surface area contributed by atoms with E-state index in [0.717, 1.165) is 5.56 Å². The van der Waals surface area contributed by atoms with Crippen molar-refractivity contribution in [3.8, 4) is 16.9 Å². The smallest absolute Gasteiger partial charge is 0.255 e. The van der Waals surface area contributed by atoms with Gasteiger partial charge in [-0.05, 0) is 91.9 Å². The van der Waals surface area contributed by atoms with E-state index in [4.69, 9.17) is 12.3 Å². The van der Waals surface area contributed by atoms with Crippen molar-refractivity contribution in [2.24, 2.45) is 0 Å². The van der Waals surface area contributed by atoms with Gasteiger partial charge in [-0.25, -0.2) is 9.97 Å². The number of anilines is 3. The van der Waals surface area contributed by atoms with Gasteiger partial charge in [0.2, 0.25) is 5.95 Å². The number of hydrogen-bond donors (Lipinski definition) is 2. The third-order valence-electron chi connectivity index (χ3n) is 5.09. The van der Waals surface area contributed by atoms with Crippen LogP contribution in [0.5, 0.6) is 0 Å². The Morgan fingerprint density at radius 2 is 1.97 bits per heavy atom. The molecule has 0 aliphatic heterocycles. The maximum atomic E-state index is 13.7. The summed E-state index contributed by atoms with van der Waals surface area (Å²) in [6.07, 6.45) is 7.88. The number of pyridine rings is 1. The van der Waals surface area contributed by atoms with Crippen molar-refractivity contribution in [3.63, 3.8) is 0 Å². The first-order valence-corrected chi connectivity index (χ1v) is 10.9. The van der Waals surface area contributed by atoms with E-state index in [1.54, 1.807) is 49.1 Å². The lowest BCUT2D eigenvalue weighted by Crippen LogP contribution is -2.13. The molecule has 5 rings (SSSR count). The van der Waals surface area contributed by atoms with Crippen molar-refractivity contribution in [1.82, 2.24) is 19.5 Å². The molecular formula is C29H26N6O. The van der Waals surface area contributed by atoms with E-state index in [-0.39, 0.29) is 41.0 Å². The largest absolute Gasteiger partial charge is 0.324 e. The average molecular weight is 484 g/mol. The lowest BCUT2D eigenvalue weighted by Gasteiger charge is -2.13. The molecule has 0 bridgehead atoms. The Hall–Kier alpha value is -4.78. The van der Waals surface area contributed by atoms with Crippen LogP contribution in [-0.2, 0) is 0 Å². The van der Waals surface area contributed by atoms with Crippen molar-refractivity contribution in [2.45, 2.75) is 20.7 Å². The molecule has 3 heterocycles. The molecule has 36 heavy (non-hydrogen) atoms. The van der Waals surface area contributed by atoms with E-state index in [1.807, 2.05) is 6.92 Å². The molecule has 0 fully saturated rings. The van der Waals surface area contributed by atoms with Crippen molar-refractivity contribution < 1.29 is 17.1 Å². The summed E-state index contributed by atoms with van der Waals surface area (Å²) in [5.74, 6) is -1.24.